The van der Waals surface area contributed by atoms with E-state index in [2.05, 4.69) is 10.2 Å². The number of aromatic nitrogens is 3. The van der Waals surface area contributed by atoms with Gasteiger partial charge in [0, 0.05) is 44.7 Å². The molecular weight excluding hydrogens is 509 g/mol. The van der Waals surface area contributed by atoms with E-state index in [4.69, 9.17) is 0 Å². The van der Waals surface area contributed by atoms with Crippen LogP contribution >= 0.6 is 11.3 Å². The van der Waals surface area contributed by atoms with Crippen LogP contribution in [0.1, 0.15) is 68.1 Å². The van der Waals surface area contributed by atoms with E-state index < -0.39 is 17.1 Å². The van der Waals surface area contributed by atoms with Crippen molar-refractivity contribution in [3.05, 3.63) is 62.8 Å². The zero-order valence-electron chi connectivity index (χ0n) is 22.1. The Kier molecular flexibility index (Phi) is 7.96. The summed E-state index contributed by atoms with van der Waals surface area (Å²) in [4.78, 5) is 42.1. The van der Waals surface area contributed by atoms with Gasteiger partial charge < -0.3 is 19.5 Å². The number of carbonyl (C=O) groups is 2. The molecule has 0 aliphatic carbocycles. The second kappa shape index (κ2) is 11.0. The highest BCUT2D eigenvalue weighted by Crippen LogP contribution is 2.33. The van der Waals surface area contributed by atoms with Gasteiger partial charge in [-0.05, 0) is 51.8 Å². The molecule has 2 aromatic heterocycles. The SMILES string of the molecule is CC(=O)N(CC[C@H]1CN(C(C)C)C(=O)c2c(O)c(=O)c(-c3nnc(Cc4ccc(F)cc4)s3)cn21)C(C)C. The molecule has 1 aromatic carbocycles. The van der Waals surface area contributed by atoms with Crippen LogP contribution in [0.3, 0.4) is 0 Å². The summed E-state index contributed by atoms with van der Waals surface area (Å²) in [5.74, 6) is -1.41. The van der Waals surface area contributed by atoms with Crippen molar-refractivity contribution in [2.24, 2.45) is 0 Å². The summed E-state index contributed by atoms with van der Waals surface area (Å²) in [6, 6.07) is 5.66. The molecule has 3 heterocycles. The van der Waals surface area contributed by atoms with Crippen LogP contribution in [-0.4, -0.2) is 66.7 Å². The number of rotatable bonds is 8. The molecule has 0 fully saturated rings. The maximum atomic E-state index is 13.3. The van der Waals surface area contributed by atoms with Crippen LogP contribution in [0.25, 0.3) is 10.6 Å². The van der Waals surface area contributed by atoms with Crippen LogP contribution in [0.4, 0.5) is 4.39 Å². The van der Waals surface area contributed by atoms with Gasteiger partial charge in [0.15, 0.2) is 16.5 Å². The summed E-state index contributed by atoms with van der Waals surface area (Å²) in [5.41, 5.74) is 0.251. The van der Waals surface area contributed by atoms with Crippen molar-refractivity contribution in [2.75, 3.05) is 13.1 Å². The molecule has 1 aliphatic rings. The Morgan fingerprint density at radius 3 is 2.47 bits per heavy atom. The zero-order valence-corrected chi connectivity index (χ0v) is 23.0. The molecule has 0 saturated carbocycles. The van der Waals surface area contributed by atoms with E-state index in [0.29, 0.717) is 35.9 Å². The highest BCUT2D eigenvalue weighted by molar-refractivity contribution is 7.14. The van der Waals surface area contributed by atoms with E-state index in [1.807, 2.05) is 27.7 Å². The van der Waals surface area contributed by atoms with Crippen molar-refractivity contribution in [1.82, 2.24) is 24.6 Å². The third kappa shape index (κ3) is 5.47. The minimum absolute atomic E-state index is 0.0114. The molecule has 0 radical (unpaired) electrons. The monoisotopic (exact) mass is 541 g/mol. The molecule has 1 atom stereocenters. The lowest BCUT2D eigenvalue weighted by Crippen LogP contribution is -2.48. The number of pyridine rings is 1. The van der Waals surface area contributed by atoms with Gasteiger partial charge >= 0.3 is 0 Å². The molecule has 38 heavy (non-hydrogen) atoms. The van der Waals surface area contributed by atoms with Crippen LogP contribution in [0, 0.1) is 5.82 Å². The third-order valence-electron chi connectivity index (χ3n) is 6.79. The Morgan fingerprint density at radius 1 is 1.18 bits per heavy atom. The molecule has 4 rings (SSSR count). The van der Waals surface area contributed by atoms with Gasteiger partial charge in [0.25, 0.3) is 5.91 Å². The normalized spacial score (nSPS) is 15.3. The van der Waals surface area contributed by atoms with Gasteiger partial charge in [-0.1, -0.05) is 23.5 Å². The molecule has 1 N–H and O–H groups in total. The zero-order chi connectivity index (χ0) is 27.7. The van der Waals surface area contributed by atoms with Crippen LogP contribution in [0.2, 0.25) is 0 Å². The van der Waals surface area contributed by atoms with Crippen LogP contribution in [0.5, 0.6) is 5.75 Å². The molecular formula is C27H32FN5O4S. The van der Waals surface area contributed by atoms with Gasteiger partial charge in [-0.2, -0.15) is 0 Å². The van der Waals surface area contributed by atoms with E-state index >= 15 is 0 Å². The quantitative estimate of drug-likeness (QED) is 0.464. The lowest BCUT2D eigenvalue weighted by atomic mass is 10.0. The molecule has 202 valence electrons. The van der Waals surface area contributed by atoms with E-state index in [-0.39, 0.29) is 41.1 Å². The second-order valence-electron chi connectivity index (χ2n) is 10.1. The van der Waals surface area contributed by atoms with Crippen molar-refractivity contribution in [2.45, 2.75) is 65.6 Å². The van der Waals surface area contributed by atoms with Crippen LogP contribution < -0.4 is 5.43 Å². The average molecular weight is 542 g/mol. The van der Waals surface area contributed by atoms with Gasteiger partial charge in [0.2, 0.25) is 11.3 Å². The van der Waals surface area contributed by atoms with Gasteiger partial charge in [-0.3, -0.25) is 14.4 Å². The smallest absolute Gasteiger partial charge is 0.274 e. The molecule has 0 unspecified atom stereocenters. The summed E-state index contributed by atoms with van der Waals surface area (Å²) in [6.45, 7) is 10.0. The van der Waals surface area contributed by atoms with Crippen molar-refractivity contribution >= 4 is 23.2 Å². The third-order valence-corrected chi connectivity index (χ3v) is 7.75. The van der Waals surface area contributed by atoms with Crippen LogP contribution in [0.15, 0.2) is 35.3 Å². The summed E-state index contributed by atoms with van der Waals surface area (Å²) >= 11 is 1.20. The highest BCUT2D eigenvalue weighted by atomic mass is 32.1. The van der Waals surface area contributed by atoms with E-state index in [0.717, 1.165) is 5.56 Å². The van der Waals surface area contributed by atoms with Crippen molar-refractivity contribution < 1.29 is 19.1 Å². The first kappa shape index (κ1) is 27.4. The van der Waals surface area contributed by atoms with E-state index in [1.165, 1.54) is 30.4 Å². The standard InChI is InChI=1S/C27H32FN5O4S/c1-15(2)31(17(5)34)11-10-20-13-32(16(3)4)27(37)23-25(36)24(35)21(14-33(20)23)26-30-29-22(38-26)12-18-6-8-19(28)9-7-18/h6-9,14-16,20,36H,10-13H2,1-5H3/t20-/m0/s1. The number of hydrogen-bond acceptors (Lipinski definition) is 7. The van der Waals surface area contributed by atoms with Crippen LogP contribution in [-0.2, 0) is 11.2 Å². The molecule has 0 spiro atoms. The summed E-state index contributed by atoms with van der Waals surface area (Å²) in [5, 5.41) is 20.3. The molecule has 1 aliphatic heterocycles. The fraction of sp³-hybridized carbons (Fsp3) is 0.444. The predicted octanol–water partition coefficient (Wildman–Crippen LogP) is 3.85. The Hall–Kier alpha value is -3.60. The molecule has 0 saturated heterocycles. The largest absolute Gasteiger partial charge is 0.503 e. The topological polar surface area (TPSA) is 109 Å². The minimum atomic E-state index is -0.689. The van der Waals surface area contributed by atoms with Gasteiger partial charge in [0.1, 0.15) is 10.8 Å². The van der Waals surface area contributed by atoms with Crippen molar-refractivity contribution in [3.63, 3.8) is 0 Å². The lowest BCUT2D eigenvalue weighted by Gasteiger charge is -2.39. The fourth-order valence-corrected chi connectivity index (χ4v) is 5.64. The maximum absolute atomic E-state index is 13.3. The number of halogens is 1. The first-order valence-corrected chi connectivity index (χ1v) is 13.4. The lowest BCUT2D eigenvalue weighted by molar-refractivity contribution is -0.130. The van der Waals surface area contributed by atoms with Gasteiger partial charge in [-0.15, -0.1) is 10.2 Å². The number of hydrogen-bond donors (Lipinski definition) is 1. The first-order chi connectivity index (χ1) is 18.0. The number of benzene rings is 1. The first-order valence-electron chi connectivity index (χ1n) is 12.6. The summed E-state index contributed by atoms with van der Waals surface area (Å²) in [6.07, 6.45) is 2.51. The number of amides is 2. The Balaban J connectivity index is 1.72. The number of fused-ring (bicyclic) bond motifs is 1. The van der Waals surface area contributed by atoms with Crippen molar-refractivity contribution in [3.8, 4) is 16.3 Å². The number of aromatic hydroxyl groups is 1. The maximum Gasteiger partial charge on any atom is 0.274 e. The Bertz CT molecular complexity index is 1400. The van der Waals surface area contributed by atoms with Gasteiger partial charge in [-0.25, -0.2) is 4.39 Å². The average Bonchev–Trinajstić information content (AvgIpc) is 3.31. The minimum Gasteiger partial charge on any atom is -0.503 e. The Labute approximate surface area is 224 Å². The van der Waals surface area contributed by atoms with E-state index in [1.54, 1.807) is 32.7 Å². The molecule has 3 aromatic rings. The molecule has 9 nitrogen and oxygen atoms in total. The number of nitrogens with zero attached hydrogens (tertiary/aromatic N) is 5. The number of carbonyl (C=O) groups excluding carboxylic acids is 2. The van der Waals surface area contributed by atoms with E-state index in [9.17, 15) is 23.9 Å². The highest BCUT2D eigenvalue weighted by Gasteiger charge is 2.36. The second-order valence-corrected chi connectivity index (χ2v) is 11.1. The van der Waals surface area contributed by atoms with Crippen molar-refractivity contribution in [1.29, 1.82) is 0 Å². The Morgan fingerprint density at radius 2 is 1.87 bits per heavy atom. The summed E-state index contributed by atoms with van der Waals surface area (Å²) in [7, 11) is 0. The predicted molar refractivity (Wildman–Crippen MR) is 143 cm³/mol. The van der Waals surface area contributed by atoms with Gasteiger partial charge in [0.05, 0.1) is 11.6 Å². The molecule has 11 heteroatoms. The summed E-state index contributed by atoms with van der Waals surface area (Å²) < 4.78 is 14.9. The fourth-order valence-electron chi connectivity index (χ4n) is 4.76. The molecule has 0 bridgehead atoms. The molecule has 2 amide bonds.